The van der Waals surface area contributed by atoms with Crippen molar-refractivity contribution in [3.63, 3.8) is 0 Å². The summed E-state index contributed by atoms with van der Waals surface area (Å²) in [6.07, 6.45) is 2.22. The fourth-order valence-corrected chi connectivity index (χ4v) is 3.33. The lowest BCUT2D eigenvalue weighted by molar-refractivity contribution is -0.137. The topological polar surface area (TPSA) is 267 Å². The van der Waals surface area contributed by atoms with E-state index in [-0.39, 0.29) is 34.4 Å². The van der Waals surface area contributed by atoms with Gasteiger partial charge >= 0.3 is 17.9 Å². The van der Waals surface area contributed by atoms with Crippen LogP contribution < -0.4 is 22.5 Å². The molecule has 0 bridgehead atoms. The largest absolute Gasteiger partial charge is 0.409 e. The van der Waals surface area contributed by atoms with Crippen LogP contribution >= 0.6 is 0 Å². The van der Waals surface area contributed by atoms with E-state index in [1.807, 2.05) is 0 Å². The van der Waals surface area contributed by atoms with Crippen LogP contribution in [0.1, 0.15) is 43.9 Å². The molecular weight excluding hydrogens is 550 g/mol. The minimum absolute atomic E-state index is 0.0417. The standard InChI is InChI=1S/C16H17N7O5.C7H6O4S/c17-11(27-15(25)9-1-4-12(22-18)20-7-9)3-6-14(24)28-16(26)10-2-5-13(23-19)21-8-10;8-5-6-3-1-2-4-7(6)12(9,10)11/h1-2,4-5,7-8,17H,3,6,18-19H2,(H,20,22)(H,21,23);1-5H,(H,9,10,11). The Hall–Kier alpha value is -5.10. The lowest BCUT2D eigenvalue weighted by Crippen LogP contribution is -2.17. The van der Waals surface area contributed by atoms with Crippen molar-refractivity contribution in [2.75, 3.05) is 10.9 Å². The van der Waals surface area contributed by atoms with Crippen LogP contribution in [0.3, 0.4) is 0 Å². The first-order valence-electron chi connectivity index (χ1n) is 10.9. The van der Waals surface area contributed by atoms with E-state index in [1.165, 1.54) is 60.9 Å². The lowest BCUT2D eigenvalue weighted by Gasteiger charge is -2.06. The molecule has 0 radical (unpaired) electrons. The maximum Gasteiger partial charge on any atom is 0.347 e. The molecule has 17 heteroatoms. The molecule has 2 aromatic heterocycles. The molecule has 0 amide bonds. The van der Waals surface area contributed by atoms with E-state index in [0.717, 1.165) is 0 Å². The molecular formula is C23H23N7O9S. The monoisotopic (exact) mass is 573 g/mol. The Morgan fingerprint density at radius 2 is 1.40 bits per heavy atom. The molecule has 0 atom stereocenters. The minimum atomic E-state index is -4.28. The molecule has 1 aromatic carbocycles. The summed E-state index contributed by atoms with van der Waals surface area (Å²) < 4.78 is 39.3. The summed E-state index contributed by atoms with van der Waals surface area (Å²) >= 11 is 0. The lowest BCUT2D eigenvalue weighted by atomic mass is 10.2. The number of benzene rings is 1. The minimum Gasteiger partial charge on any atom is -0.409 e. The molecule has 3 rings (SSSR count). The first-order chi connectivity index (χ1) is 19.0. The fraction of sp³-hybridized carbons (Fsp3) is 0.0870. The Kier molecular flexibility index (Phi) is 11.5. The van der Waals surface area contributed by atoms with Crippen LogP contribution in [0.15, 0.2) is 65.8 Å². The molecule has 2 heterocycles. The van der Waals surface area contributed by atoms with E-state index in [2.05, 4.69) is 25.6 Å². The van der Waals surface area contributed by atoms with Crippen molar-refractivity contribution in [1.29, 1.82) is 5.41 Å². The highest BCUT2D eigenvalue weighted by atomic mass is 32.2. The first-order valence-corrected chi connectivity index (χ1v) is 12.3. The zero-order chi connectivity index (χ0) is 29.7. The third kappa shape index (κ3) is 9.65. The molecule has 210 valence electrons. The van der Waals surface area contributed by atoms with E-state index in [9.17, 15) is 27.6 Å². The second kappa shape index (κ2) is 14.7. The number of aldehydes is 1. The van der Waals surface area contributed by atoms with Gasteiger partial charge in [-0.05, 0) is 30.3 Å². The zero-order valence-corrected chi connectivity index (χ0v) is 21.3. The van der Waals surface area contributed by atoms with E-state index in [0.29, 0.717) is 17.9 Å². The van der Waals surface area contributed by atoms with Crippen LogP contribution in [-0.4, -0.2) is 53.0 Å². The van der Waals surface area contributed by atoms with Crippen molar-refractivity contribution in [2.24, 2.45) is 11.7 Å². The van der Waals surface area contributed by atoms with Crippen molar-refractivity contribution in [3.8, 4) is 0 Å². The number of carbonyl (C=O) groups excluding carboxylic acids is 4. The highest BCUT2D eigenvalue weighted by Gasteiger charge is 2.17. The average molecular weight is 574 g/mol. The van der Waals surface area contributed by atoms with Gasteiger partial charge in [-0.2, -0.15) is 8.42 Å². The van der Waals surface area contributed by atoms with Crippen molar-refractivity contribution < 1.29 is 41.6 Å². The first kappa shape index (κ1) is 31.1. The van der Waals surface area contributed by atoms with Crippen LogP contribution in [0, 0.1) is 5.41 Å². The van der Waals surface area contributed by atoms with Crippen molar-refractivity contribution in [1.82, 2.24) is 9.97 Å². The maximum absolute atomic E-state index is 11.9. The van der Waals surface area contributed by atoms with Crippen LogP contribution in [0.25, 0.3) is 0 Å². The Bertz CT molecular complexity index is 1410. The van der Waals surface area contributed by atoms with Gasteiger partial charge in [0.25, 0.3) is 10.1 Å². The molecule has 40 heavy (non-hydrogen) atoms. The summed E-state index contributed by atoms with van der Waals surface area (Å²) in [4.78, 5) is 53.0. The molecule has 0 saturated carbocycles. The van der Waals surface area contributed by atoms with Gasteiger partial charge in [0, 0.05) is 24.4 Å². The quantitative estimate of drug-likeness (QED) is 0.0305. The smallest absolute Gasteiger partial charge is 0.347 e. The molecule has 0 unspecified atom stereocenters. The Morgan fingerprint density at radius 3 is 1.82 bits per heavy atom. The number of nitrogens with zero attached hydrogens (tertiary/aromatic N) is 2. The number of hydrazine groups is 2. The van der Waals surface area contributed by atoms with Gasteiger partial charge in [-0.25, -0.2) is 31.2 Å². The second-order valence-electron chi connectivity index (χ2n) is 7.36. The second-order valence-corrected chi connectivity index (χ2v) is 8.75. The summed E-state index contributed by atoms with van der Waals surface area (Å²) in [5.74, 6) is 7.95. The number of nitrogens with two attached hydrogens (primary N) is 2. The number of carbonyl (C=O) groups is 4. The summed E-state index contributed by atoms with van der Waals surface area (Å²) in [7, 11) is -4.28. The Labute approximate surface area is 226 Å². The third-order valence-corrected chi connectivity index (χ3v) is 5.52. The van der Waals surface area contributed by atoms with E-state index < -0.39 is 33.9 Å². The van der Waals surface area contributed by atoms with E-state index in [4.69, 9.17) is 26.4 Å². The number of esters is 3. The highest BCUT2D eigenvalue weighted by molar-refractivity contribution is 7.86. The molecule has 8 N–H and O–H groups in total. The predicted molar refractivity (Wildman–Crippen MR) is 139 cm³/mol. The number of nitrogen functional groups attached to an aromatic ring is 2. The van der Waals surface area contributed by atoms with Crippen molar-refractivity contribution in [3.05, 3.63) is 77.6 Å². The average Bonchev–Trinajstić information content (AvgIpc) is 2.96. The molecule has 0 aliphatic rings. The normalized spacial score (nSPS) is 10.3. The number of pyridine rings is 2. The highest BCUT2D eigenvalue weighted by Crippen LogP contribution is 2.12. The number of rotatable bonds is 9. The third-order valence-electron chi connectivity index (χ3n) is 4.60. The molecule has 0 spiro atoms. The summed E-state index contributed by atoms with van der Waals surface area (Å²) in [5.41, 5.74) is 4.71. The van der Waals surface area contributed by atoms with Gasteiger partial charge in [0.05, 0.1) is 17.5 Å². The number of ether oxygens (including phenoxy) is 2. The molecule has 0 fully saturated rings. The molecule has 3 aromatic rings. The number of hydrogen-bond acceptors (Lipinski definition) is 15. The summed E-state index contributed by atoms with van der Waals surface area (Å²) in [5, 5.41) is 7.61. The van der Waals surface area contributed by atoms with Gasteiger partial charge in [0.15, 0.2) is 12.2 Å². The van der Waals surface area contributed by atoms with Gasteiger partial charge in [-0.1, -0.05) is 18.2 Å². The van der Waals surface area contributed by atoms with Crippen LogP contribution in [0.2, 0.25) is 0 Å². The van der Waals surface area contributed by atoms with Crippen LogP contribution in [0.5, 0.6) is 0 Å². The fourth-order valence-electron chi connectivity index (χ4n) is 2.66. The van der Waals surface area contributed by atoms with Crippen LogP contribution in [-0.2, 0) is 24.4 Å². The Morgan fingerprint density at radius 1 is 0.875 bits per heavy atom. The van der Waals surface area contributed by atoms with Crippen molar-refractivity contribution >= 4 is 51.8 Å². The summed E-state index contributed by atoms with van der Waals surface area (Å²) in [6, 6.07) is 11.1. The van der Waals surface area contributed by atoms with Crippen LogP contribution in [0.4, 0.5) is 11.6 Å². The SMILES string of the molecule is N=C(CCC(=O)OC(=O)c1ccc(NN)nc1)OC(=O)c1ccc(NN)nc1.O=Cc1ccccc1S(=O)(=O)O. The number of anilines is 2. The Balaban J connectivity index is 0.000000389. The van der Waals surface area contributed by atoms with E-state index in [1.54, 1.807) is 0 Å². The number of nitrogens with one attached hydrogen (secondary N) is 3. The zero-order valence-electron chi connectivity index (χ0n) is 20.4. The van der Waals surface area contributed by atoms with Crippen molar-refractivity contribution in [2.45, 2.75) is 17.7 Å². The molecule has 16 nitrogen and oxygen atoms in total. The van der Waals surface area contributed by atoms with Gasteiger partial charge in [0.2, 0.25) is 0 Å². The maximum atomic E-state index is 11.9. The number of hydrogen-bond donors (Lipinski definition) is 6. The summed E-state index contributed by atoms with van der Waals surface area (Å²) in [6.45, 7) is 0. The molecule has 0 aliphatic carbocycles. The van der Waals surface area contributed by atoms with Gasteiger partial charge in [-0.15, -0.1) is 0 Å². The molecule has 0 saturated heterocycles. The van der Waals surface area contributed by atoms with Gasteiger partial charge in [-0.3, -0.25) is 19.6 Å². The molecule has 0 aliphatic heterocycles. The van der Waals surface area contributed by atoms with Gasteiger partial charge < -0.3 is 20.3 Å². The number of aromatic nitrogens is 2. The predicted octanol–water partition coefficient (Wildman–Crippen LogP) is 1.09. The van der Waals surface area contributed by atoms with Gasteiger partial charge in [0.1, 0.15) is 16.5 Å². The van der Waals surface area contributed by atoms with E-state index >= 15 is 0 Å².